The van der Waals surface area contributed by atoms with Crippen LogP contribution in [0.15, 0.2) is 53.3 Å². The number of benzene rings is 2. The number of carbonyl (C=O) groups is 1. The Kier molecular flexibility index (Phi) is 6.41. The fourth-order valence-corrected chi connectivity index (χ4v) is 2.26. The average molecular weight is 393 g/mol. The first-order valence-electron chi connectivity index (χ1n) is 7.35. The van der Waals surface area contributed by atoms with E-state index in [2.05, 4.69) is 15.6 Å². The molecular weight excluding hydrogens is 383 g/mol. The fraction of sp³-hybridized carbons (Fsp3) is 0. The van der Waals surface area contributed by atoms with Crippen molar-refractivity contribution in [2.75, 3.05) is 5.32 Å². The smallest absolute Gasteiger partial charge is 0.304 e. The molecule has 1 heterocycles. The van der Waals surface area contributed by atoms with Crippen molar-refractivity contribution in [2.24, 2.45) is 0 Å². The normalized spacial score (nSPS) is 10.0. The molecule has 0 saturated carbocycles. The van der Waals surface area contributed by atoms with Gasteiger partial charge in [-0.2, -0.15) is 0 Å². The Hall–Kier alpha value is -3.35. The van der Waals surface area contributed by atoms with Gasteiger partial charge in [0.1, 0.15) is 0 Å². The number of nitro groups is 2. The van der Waals surface area contributed by atoms with E-state index in [1.807, 2.05) is 0 Å². The number of hydrogen-bond acceptors (Lipinski definition) is 7. The zero-order chi connectivity index (χ0) is 19.6. The Labute approximate surface area is 177 Å². The summed E-state index contributed by atoms with van der Waals surface area (Å²) in [6.07, 6.45) is 0. The number of nitro benzene ring substituents is 2. The number of hydrogen-bond donors (Lipinski definition) is 2. The van der Waals surface area contributed by atoms with E-state index in [0.29, 0.717) is 0 Å². The van der Waals surface area contributed by atoms with Crippen molar-refractivity contribution >= 4 is 52.5 Å². The number of aromatic nitrogens is 3. The van der Waals surface area contributed by atoms with Crippen LogP contribution in [-0.2, 0) is 0 Å². The van der Waals surface area contributed by atoms with Crippen molar-refractivity contribution < 1.29 is 14.6 Å². The molecule has 12 nitrogen and oxygen atoms in total. The number of aromatic amines is 1. The third-order valence-electron chi connectivity index (χ3n) is 3.50. The Balaban J connectivity index is 0.00000280. The molecule has 1 radical (unpaired) electrons. The minimum absolute atomic E-state index is 0. The number of rotatable bonds is 5. The summed E-state index contributed by atoms with van der Waals surface area (Å²) in [6, 6.07) is 10.4. The van der Waals surface area contributed by atoms with Gasteiger partial charge in [0.15, 0.2) is 0 Å². The maximum Gasteiger partial charge on any atom is 0.304 e. The summed E-state index contributed by atoms with van der Waals surface area (Å²) in [5, 5.41) is 29.9. The monoisotopic (exact) mass is 393 g/mol. The van der Waals surface area contributed by atoms with E-state index in [1.54, 1.807) is 0 Å². The van der Waals surface area contributed by atoms with E-state index in [9.17, 15) is 29.8 Å². The maximum atomic E-state index is 12.4. The van der Waals surface area contributed by atoms with Crippen LogP contribution in [0.3, 0.4) is 0 Å². The van der Waals surface area contributed by atoms with Crippen LogP contribution in [0, 0.1) is 20.2 Å². The summed E-state index contributed by atoms with van der Waals surface area (Å²) >= 11 is 0. The third-order valence-corrected chi connectivity index (χ3v) is 3.50. The molecule has 0 spiro atoms. The molecule has 0 bridgehead atoms. The minimum Gasteiger partial charge on any atom is -0.320 e. The van der Waals surface area contributed by atoms with Crippen molar-refractivity contribution in [1.82, 2.24) is 15.0 Å². The first-order valence-corrected chi connectivity index (χ1v) is 7.35. The summed E-state index contributed by atoms with van der Waals surface area (Å²) in [7, 11) is 0. The Morgan fingerprint density at radius 3 is 2.29 bits per heavy atom. The number of carbonyl (C=O) groups excluding carboxylic acids is 1. The number of H-pyrrole nitrogens is 1. The first kappa shape index (κ1) is 21.0. The van der Waals surface area contributed by atoms with Gasteiger partial charge in [-0.05, 0) is 12.1 Å². The Bertz CT molecular complexity index is 1120. The molecule has 0 saturated heterocycles. The van der Waals surface area contributed by atoms with Gasteiger partial charge in [-0.25, -0.2) is 9.90 Å². The topological polar surface area (TPSA) is 166 Å². The molecule has 13 heteroatoms. The summed E-state index contributed by atoms with van der Waals surface area (Å²) in [6.45, 7) is 0. The van der Waals surface area contributed by atoms with E-state index in [4.69, 9.17) is 0 Å². The molecule has 28 heavy (non-hydrogen) atoms. The second kappa shape index (κ2) is 8.56. The van der Waals surface area contributed by atoms with Gasteiger partial charge in [0.25, 0.3) is 17.3 Å². The van der Waals surface area contributed by atoms with Crippen LogP contribution in [0.4, 0.5) is 17.1 Å². The van der Waals surface area contributed by atoms with Crippen molar-refractivity contribution in [1.29, 1.82) is 0 Å². The molecule has 137 valence electrons. The molecule has 1 aromatic heterocycles. The maximum absolute atomic E-state index is 12.4. The van der Waals surface area contributed by atoms with Crippen molar-refractivity contribution in [3.63, 3.8) is 0 Å². The molecule has 0 aliphatic heterocycles. The molecule has 3 aromatic rings. The van der Waals surface area contributed by atoms with E-state index < -0.39 is 27.0 Å². The van der Waals surface area contributed by atoms with Gasteiger partial charge in [-0.3, -0.25) is 29.8 Å². The van der Waals surface area contributed by atoms with Crippen LogP contribution >= 0.6 is 0 Å². The zero-order valence-electron chi connectivity index (χ0n) is 14.4. The van der Waals surface area contributed by atoms with Gasteiger partial charge in [-0.15, -0.1) is 5.10 Å². The zero-order valence-corrected chi connectivity index (χ0v) is 16.4. The molecule has 0 fully saturated rings. The number of nitrogens with one attached hydrogen (secondary N) is 2. The standard InChI is InChI=1S/C15H10N6O6.Na/c22-14(16-9-3-1-5-11(7-9)20(24)25)13-15(23)19(18-17-13)10-4-2-6-12(8-10)21(26)27;/h1-8,18H,(H,16,22);. The second-order valence-corrected chi connectivity index (χ2v) is 5.24. The van der Waals surface area contributed by atoms with Crippen molar-refractivity contribution in [3.8, 4) is 5.69 Å². The van der Waals surface area contributed by atoms with E-state index in [-0.39, 0.29) is 52.3 Å². The van der Waals surface area contributed by atoms with E-state index >= 15 is 0 Å². The number of nitrogens with zero attached hydrogens (tertiary/aromatic N) is 4. The van der Waals surface area contributed by atoms with Crippen LogP contribution in [-0.4, -0.2) is 60.3 Å². The predicted octanol–water partition coefficient (Wildman–Crippen LogP) is 1.25. The summed E-state index contributed by atoms with van der Waals surface area (Å²) in [5.74, 6) is -0.888. The van der Waals surface area contributed by atoms with Crippen LogP contribution in [0.1, 0.15) is 10.5 Å². The molecule has 2 N–H and O–H groups in total. The number of anilines is 1. The molecule has 3 rings (SSSR count). The van der Waals surface area contributed by atoms with E-state index in [1.165, 1.54) is 36.4 Å². The molecule has 0 aliphatic carbocycles. The predicted molar refractivity (Wildman–Crippen MR) is 97.6 cm³/mol. The summed E-state index contributed by atoms with van der Waals surface area (Å²) in [4.78, 5) is 45.0. The summed E-state index contributed by atoms with van der Waals surface area (Å²) < 4.78 is 0.870. The van der Waals surface area contributed by atoms with Crippen LogP contribution in [0.25, 0.3) is 5.69 Å². The largest absolute Gasteiger partial charge is 0.320 e. The van der Waals surface area contributed by atoms with Gasteiger partial charge >= 0.3 is 5.56 Å². The molecule has 2 aromatic carbocycles. The molecule has 0 atom stereocenters. The second-order valence-electron chi connectivity index (χ2n) is 5.24. The molecule has 1 amide bonds. The average Bonchev–Trinajstić information content (AvgIpc) is 3.03. The van der Waals surface area contributed by atoms with Crippen LogP contribution in [0.2, 0.25) is 0 Å². The fourth-order valence-electron chi connectivity index (χ4n) is 2.26. The quantitative estimate of drug-likeness (QED) is 0.374. The van der Waals surface area contributed by atoms with Crippen molar-refractivity contribution in [2.45, 2.75) is 0 Å². The van der Waals surface area contributed by atoms with Crippen molar-refractivity contribution in [3.05, 3.63) is 84.8 Å². The Morgan fingerprint density at radius 2 is 1.64 bits per heavy atom. The van der Waals surface area contributed by atoms with E-state index in [0.717, 1.165) is 16.8 Å². The number of non-ortho nitro benzene ring substituents is 2. The van der Waals surface area contributed by atoms with Gasteiger partial charge in [0.05, 0.1) is 15.5 Å². The van der Waals surface area contributed by atoms with Gasteiger partial charge in [0.2, 0.25) is 5.69 Å². The molecular formula is C15H10N6NaO6. The third kappa shape index (κ3) is 4.31. The first-order chi connectivity index (χ1) is 12.9. The SMILES string of the molecule is O=C(Nc1cccc([N+](=O)[O-])c1)c1n[nH]n(-c2cccc([N+](=O)[O-])c2)c1=O.[Na]. The van der Waals surface area contributed by atoms with Gasteiger partial charge in [0, 0.05) is 59.5 Å². The molecule has 0 unspecified atom stereocenters. The Morgan fingerprint density at radius 1 is 1.04 bits per heavy atom. The van der Waals surface area contributed by atoms with Crippen LogP contribution in [0.5, 0.6) is 0 Å². The molecule has 0 aliphatic rings. The minimum atomic E-state index is -0.888. The van der Waals surface area contributed by atoms with Gasteiger partial charge in [-0.1, -0.05) is 12.1 Å². The van der Waals surface area contributed by atoms with Gasteiger partial charge < -0.3 is 5.32 Å². The summed E-state index contributed by atoms with van der Waals surface area (Å²) in [5.41, 5.74) is -1.58. The van der Waals surface area contributed by atoms with Crippen LogP contribution < -0.4 is 10.9 Å². The number of amides is 1.